The van der Waals surface area contributed by atoms with Crippen LogP contribution in [0, 0.1) is 10.1 Å². The lowest BCUT2D eigenvalue weighted by Crippen LogP contribution is -2.12. The van der Waals surface area contributed by atoms with Crippen molar-refractivity contribution in [1.82, 2.24) is 4.98 Å². The number of rotatable bonds is 5. The molecular weight excluding hydrogens is 406 g/mol. The van der Waals surface area contributed by atoms with Gasteiger partial charge in [0.1, 0.15) is 5.52 Å². The lowest BCUT2D eigenvalue weighted by atomic mass is 9.97. The highest BCUT2D eigenvalue weighted by Gasteiger charge is 2.14. The van der Waals surface area contributed by atoms with E-state index in [4.69, 9.17) is 16.0 Å². The molecule has 0 saturated carbocycles. The van der Waals surface area contributed by atoms with Crippen LogP contribution in [0.5, 0.6) is 0 Å². The van der Waals surface area contributed by atoms with E-state index in [-0.39, 0.29) is 11.7 Å². The molecule has 1 N–H and O–H groups in total. The quantitative estimate of drug-likeness (QED) is 0.330. The van der Waals surface area contributed by atoms with E-state index < -0.39 is 10.8 Å². The predicted molar refractivity (Wildman–Crippen MR) is 115 cm³/mol. The van der Waals surface area contributed by atoms with Gasteiger partial charge in [0, 0.05) is 22.7 Å². The average Bonchev–Trinajstić information content (AvgIpc) is 3.14. The summed E-state index contributed by atoms with van der Waals surface area (Å²) in [5.74, 6) is -0.397. The number of nitro benzene ring substituents is 1. The van der Waals surface area contributed by atoms with E-state index >= 15 is 0 Å². The van der Waals surface area contributed by atoms with Gasteiger partial charge in [-0.15, -0.1) is 0 Å². The number of carbonyl (C=O) groups is 1. The van der Waals surface area contributed by atoms with Crippen molar-refractivity contribution in [2.24, 2.45) is 0 Å². The number of amides is 1. The number of halogens is 1. The molecule has 0 aliphatic rings. The standard InChI is InChI=1S/C22H14ClN3O4/c1-13(14-5-8-18(9-6-14)26(28)29)15-3-2-4-16(11-15)21(27)25-22-24-19-12-17(23)7-10-20(19)30-22/h2-12H,1H2,(H,24,25,27). The average molecular weight is 420 g/mol. The molecule has 0 aliphatic carbocycles. The Hall–Kier alpha value is -3.97. The smallest absolute Gasteiger partial charge is 0.302 e. The Balaban J connectivity index is 1.55. The SMILES string of the molecule is C=C(c1ccc([N+](=O)[O-])cc1)c1cccc(C(=O)Nc2nc3cc(Cl)ccc3o2)c1. The molecule has 0 radical (unpaired) electrons. The molecule has 0 spiro atoms. The predicted octanol–water partition coefficient (Wildman–Crippen LogP) is 5.70. The lowest BCUT2D eigenvalue weighted by Gasteiger charge is -2.08. The molecule has 3 aromatic carbocycles. The van der Waals surface area contributed by atoms with Crippen molar-refractivity contribution >= 4 is 45.9 Å². The fraction of sp³-hybridized carbons (Fsp3) is 0. The van der Waals surface area contributed by atoms with Crippen molar-refractivity contribution in [3.8, 4) is 0 Å². The Morgan fingerprint density at radius 3 is 2.50 bits per heavy atom. The first-order valence-electron chi connectivity index (χ1n) is 8.82. The second kappa shape index (κ2) is 7.81. The Bertz CT molecular complexity index is 1300. The van der Waals surface area contributed by atoms with E-state index in [9.17, 15) is 14.9 Å². The molecule has 4 rings (SSSR count). The van der Waals surface area contributed by atoms with Crippen LogP contribution in [0.25, 0.3) is 16.7 Å². The molecule has 148 valence electrons. The van der Waals surface area contributed by atoms with Crippen molar-refractivity contribution in [2.45, 2.75) is 0 Å². The van der Waals surface area contributed by atoms with Crippen LogP contribution in [0.3, 0.4) is 0 Å². The van der Waals surface area contributed by atoms with Gasteiger partial charge in [0.2, 0.25) is 0 Å². The van der Waals surface area contributed by atoms with Crippen molar-refractivity contribution in [3.05, 3.63) is 105 Å². The molecule has 4 aromatic rings. The highest BCUT2D eigenvalue weighted by atomic mass is 35.5. The molecule has 1 aromatic heterocycles. The topological polar surface area (TPSA) is 98.3 Å². The van der Waals surface area contributed by atoms with Crippen LogP contribution in [-0.2, 0) is 0 Å². The van der Waals surface area contributed by atoms with Crippen LogP contribution >= 0.6 is 11.6 Å². The van der Waals surface area contributed by atoms with Crippen LogP contribution < -0.4 is 5.32 Å². The minimum Gasteiger partial charge on any atom is -0.423 e. The first kappa shape index (κ1) is 19.4. The number of carbonyl (C=O) groups excluding carboxylic acids is 1. The summed E-state index contributed by atoms with van der Waals surface area (Å²) in [5.41, 5.74) is 3.49. The van der Waals surface area contributed by atoms with E-state index in [1.807, 2.05) is 6.07 Å². The molecule has 0 saturated heterocycles. The maximum atomic E-state index is 12.6. The molecule has 0 aliphatic heterocycles. The lowest BCUT2D eigenvalue weighted by molar-refractivity contribution is -0.384. The van der Waals surface area contributed by atoms with Crippen molar-refractivity contribution < 1.29 is 14.1 Å². The summed E-state index contributed by atoms with van der Waals surface area (Å²) in [7, 11) is 0. The molecule has 0 bridgehead atoms. The summed E-state index contributed by atoms with van der Waals surface area (Å²) in [5, 5.41) is 14.0. The van der Waals surface area contributed by atoms with Crippen LogP contribution in [-0.4, -0.2) is 15.8 Å². The molecule has 1 amide bonds. The van der Waals surface area contributed by atoms with Crippen LogP contribution in [0.2, 0.25) is 5.02 Å². The van der Waals surface area contributed by atoms with Gasteiger partial charge in [-0.3, -0.25) is 20.2 Å². The number of nitro groups is 1. The molecule has 30 heavy (non-hydrogen) atoms. The van der Waals surface area contributed by atoms with Gasteiger partial charge in [-0.25, -0.2) is 0 Å². The van der Waals surface area contributed by atoms with E-state index in [1.54, 1.807) is 48.5 Å². The largest absolute Gasteiger partial charge is 0.423 e. The summed E-state index contributed by atoms with van der Waals surface area (Å²) >= 11 is 5.94. The Kier molecular flexibility index (Phi) is 5.04. The third-order valence-electron chi connectivity index (χ3n) is 4.47. The number of oxazole rings is 1. The summed E-state index contributed by atoms with van der Waals surface area (Å²) in [4.78, 5) is 27.2. The number of anilines is 1. The normalized spacial score (nSPS) is 10.7. The van der Waals surface area contributed by atoms with E-state index in [0.29, 0.717) is 38.4 Å². The van der Waals surface area contributed by atoms with Gasteiger partial charge in [-0.2, -0.15) is 4.98 Å². The van der Waals surface area contributed by atoms with Crippen molar-refractivity contribution in [3.63, 3.8) is 0 Å². The molecular formula is C22H14ClN3O4. The number of hydrogen-bond donors (Lipinski definition) is 1. The van der Waals surface area contributed by atoms with Crippen LogP contribution in [0.4, 0.5) is 11.7 Å². The fourth-order valence-corrected chi connectivity index (χ4v) is 3.09. The minimum absolute atomic E-state index is 0.000647. The van der Waals surface area contributed by atoms with Gasteiger partial charge in [-0.05, 0) is 59.2 Å². The first-order valence-corrected chi connectivity index (χ1v) is 9.20. The van der Waals surface area contributed by atoms with Crippen LogP contribution in [0.15, 0.2) is 77.7 Å². The zero-order valence-electron chi connectivity index (χ0n) is 15.5. The first-order chi connectivity index (χ1) is 14.4. The molecule has 1 heterocycles. The van der Waals surface area contributed by atoms with E-state index in [1.165, 1.54) is 12.1 Å². The molecule has 0 atom stereocenters. The van der Waals surface area contributed by atoms with Gasteiger partial charge in [0.25, 0.3) is 11.6 Å². The van der Waals surface area contributed by atoms with Crippen molar-refractivity contribution in [1.29, 1.82) is 0 Å². The number of fused-ring (bicyclic) bond motifs is 1. The van der Waals surface area contributed by atoms with Gasteiger partial charge >= 0.3 is 6.01 Å². The van der Waals surface area contributed by atoms with E-state index in [2.05, 4.69) is 16.9 Å². The van der Waals surface area contributed by atoms with E-state index in [0.717, 1.165) is 0 Å². The number of nitrogens with zero attached hydrogens (tertiary/aromatic N) is 2. The molecule has 0 fully saturated rings. The minimum atomic E-state index is -0.461. The second-order valence-electron chi connectivity index (χ2n) is 6.45. The zero-order chi connectivity index (χ0) is 21.3. The Morgan fingerprint density at radius 2 is 1.77 bits per heavy atom. The molecule has 0 unspecified atom stereocenters. The monoisotopic (exact) mass is 419 g/mol. The van der Waals surface area contributed by atoms with Gasteiger partial charge in [0.15, 0.2) is 5.58 Å². The number of aromatic nitrogens is 1. The Labute approximate surface area is 175 Å². The second-order valence-corrected chi connectivity index (χ2v) is 6.88. The number of benzene rings is 3. The highest BCUT2D eigenvalue weighted by Crippen LogP contribution is 2.26. The Morgan fingerprint density at radius 1 is 1.03 bits per heavy atom. The third kappa shape index (κ3) is 3.92. The zero-order valence-corrected chi connectivity index (χ0v) is 16.2. The molecule has 8 heteroatoms. The fourth-order valence-electron chi connectivity index (χ4n) is 2.92. The molecule has 7 nitrogen and oxygen atoms in total. The summed E-state index contributed by atoms with van der Waals surface area (Å²) in [6.45, 7) is 4.05. The summed E-state index contributed by atoms with van der Waals surface area (Å²) in [6, 6.07) is 18.0. The van der Waals surface area contributed by atoms with Gasteiger partial charge < -0.3 is 4.42 Å². The van der Waals surface area contributed by atoms with Crippen molar-refractivity contribution in [2.75, 3.05) is 5.32 Å². The summed E-state index contributed by atoms with van der Waals surface area (Å²) in [6.07, 6.45) is 0. The maximum absolute atomic E-state index is 12.6. The maximum Gasteiger partial charge on any atom is 0.302 e. The number of nitrogens with one attached hydrogen (secondary N) is 1. The number of hydrogen-bond acceptors (Lipinski definition) is 5. The van der Waals surface area contributed by atoms with Gasteiger partial charge in [-0.1, -0.05) is 30.3 Å². The number of non-ortho nitro benzene ring substituents is 1. The van der Waals surface area contributed by atoms with Gasteiger partial charge in [0.05, 0.1) is 4.92 Å². The third-order valence-corrected chi connectivity index (χ3v) is 4.70. The summed E-state index contributed by atoms with van der Waals surface area (Å²) < 4.78 is 5.52. The highest BCUT2D eigenvalue weighted by molar-refractivity contribution is 6.31. The van der Waals surface area contributed by atoms with Crippen LogP contribution in [0.1, 0.15) is 21.5 Å².